The molecule has 118 valence electrons. The first kappa shape index (κ1) is 15.8. The lowest BCUT2D eigenvalue weighted by molar-refractivity contribution is 0.858. The molecule has 4 nitrogen and oxygen atoms in total. The lowest BCUT2D eigenvalue weighted by Crippen LogP contribution is -2.33. The first-order valence-corrected chi connectivity index (χ1v) is 8.14. The van der Waals surface area contributed by atoms with Crippen molar-refractivity contribution in [3.8, 4) is 0 Å². The van der Waals surface area contributed by atoms with E-state index in [1.807, 2.05) is 43.3 Å². The number of halogens is 1. The second kappa shape index (κ2) is 6.98. The number of benzene rings is 2. The quantitative estimate of drug-likeness (QED) is 0.802. The summed E-state index contributed by atoms with van der Waals surface area (Å²) in [4.78, 5) is 4.44. The van der Waals surface area contributed by atoms with Crippen LogP contribution in [0.15, 0.2) is 53.5 Å². The van der Waals surface area contributed by atoms with Crippen molar-refractivity contribution in [1.82, 2.24) is 5.43 Å². The van der Waals surface area contributed by atoms with Crippen LogP contribution >= 0.6 is 23.8 Å². The number of aryl methyl sites for hydroxylation is 1. The zero-order valence-electron chi connectivity index (χ0n) is 12.7. The van der Waals surface area contributed by atoms with Gasteiger partial charge in [-0.15, -0.1) is 0 Å². The molecule has 0 bridgehead atoms. The molecule has 1 fully saturated rings. The molecule has 1 aliphatic rings. The fourth-order valence-corrected chi connectivity index (χ4v) is 2.72. The molecule has 1 aliphatic heterocycles. The van der Waals surface area contributed by atoms with Gasteiger partial charge in [0.2, 0.25) is 0 Å². The average molecular weight is 345 g/mol. The molecule has 0 radical (unpaired) electrons. The fourth-order valence-electron chi connectivity index (χ4n) is 2.31. The number of hydrogen-bond donors (Lipinski definition) is 2. The Labute approximate surface area is 146 Å². The molecule has 2 aromatic carbocycles. The molecule has 1 saturated heterocycles. The van der Waals surface area contributed by atoms with Crippen molar-refractivity contribution in [3.05, 3.63) is 59.1 Å². The summed E-state index contributed by atoms with van der Waals surface area (Å²) < 4.78 is 0. The summed E-state index contributed by atoms with van der Waals surface area (Å²) in [6.45, 7) is 2.83. The number of aliphatic imine (C=N–C) groups is 1. The van der Waals surface area contributed by atoms with Gasteiger partial charge in [0.25, 0.3) is 0 Å². The van der Waals surface area contributed by atoms with E-state index in [9.17, 15) is 0 Å². The molecular weight excluding hydrogens is 328 g/mol. The van der Waals surface area contributed by atoms with E-state index in [2.05, 4.69) is 32.9 Å². The minimum atomic E-state index is 0.419. The van der Waals surface area contributed by atoms with Crippen LogP contribution in [0, 0.1) is 6.92 Å². The van der Waals surface area contributed by atoms with Crippen LogP contribution in [0.1, 0.15) is 12.0 Å². The van der Waals surface area contributed by atoms with E-state index in [-0.39, 0.29) is 0 Å². The molecule has 0 aliphatic carbocycles. The number of para-hydroxylation sites is 1. The second-order valence-corrected chi connectivity index (χ2v) is 6.10. The van der Waals surface area contributed by atoms with Gasteiger partial charge in [-0.25, -0.2) is 4.99 Å². The molecule has 2 N–H and O–H groups in total. The van der Waals surface area contributed by atoms with Crippen molar-refractivity contribution in [1.29, 1.82) is 0 Å². The van der Waals surface area contributed by atoms with Gasteiger partial charge >= 0.3 is 0 Å². The number of nitrogens with zero attached hydrogens (tertiary/aromatic N) is 2. The van der Waals surface area contributed by atoms with Crippen molar-refractivity contribution in [3.63, 3.8) is 0 Å². The Morgan fingerprint density at radius 2 is 2.04 bits per heavy atom. The van der Waals surface area contributed by atoms with E-state index in [4.69, 9.17) is 23.8 Å². The third kappa shape index (κ3) is 4.00. The van der Waals surface area contributed by atoms with Gasteiger partial charge in [0.1, 0.15) is 5.84 Å². The van der Waals surface area contributed by atoms with E-state index >= 15 is 0 Å². The Morgan fingerprint density at radius 3 is 2.78 bits per heavy atom. The molecular formula is C17H17ClN4S. The van der Waals surface area contributed by atoms with Gasteiger partial charge < -0.3 is 5.32 Å². The Morgan fingerprint density at radius 1 is 1.26 bits per heavy atom. The Balaban J connectivity index is 1.63. The third-order valence-electron chi connectivity index (χ3n) is 3.56. The van der Waals surface area contributed by atoms with Crippen LogP contribution in [0.4, 0.5) is 11.4 Å². The SMILES string of the molecule is Cc1ccc(NC(=S)N=C2CCN(c3ccccc3)N2)cc1Cl. The second-order valence-electron chi connectivity index (χ2n) is 5.30. The van der Waals surface area contributed by atoms with E-state index < -0.39 is 0 Å². The van der Waals surface area contributed by atoms with Crippen LogP contribution < -0.4 is 15.8 Å². The molecule has 0 atom stereocenters. The maximum Gasteiger partial charge on any atom is 0.198 e. The number of nitrogens with one attached hydrogen (secondary N) is 2. The minimum Gasteiger partial charge on any atom is -0.331 e. The predicted molar refractivity (Wildman–Crippen MR) is 101 cm³/mol. The number of thiocarbonyl (C=S) groups is 1. The molecule has 0 spiro atoms. The number of amidine groups is 1. The highest BCUT2D eigenvalue weighted by molar-refractivity contribution is 7.80. The first-order valence-electron chi connectivity index (χ1n) is 7.36. The van der Waals surface area contributed by atoms with Gasteiger partial charge in [0.15, 0.2) is 5.11 Å². The molecule has 3 rings (SSSR count). The zero-order valence-corrected chi connectivity index (χ0v) is 14.3. The number of hydrazine groups is 1. The van der Waals surface area contributed by atoms with Crippen molar-refractivity contribution in [2.24, 2.45) is 4.99 Å². The molecule has 0 aromatic heterocycles. The highest BCUT2D eigenvalue weighted by Crippen LogP contribution is 2.20. The maximum absolute atomic E-state index is 6.12. The van der Waals surface area contributed by atoms with Crippen LogP contribution in [-0.2, 0) is 0 Å². The Bertz CT molecular complexity index is 746. The summed E-state index contributed by atoms with van der Waals surface area (Å²) in [5.74, 6) is 0.851. The van der Waals surface area contributed by atoms with E-state index in [1.165, 1.54) is 0 Å². The van der Waals surface area contributed by atoms with Crippen LogP contribution in [0.2, 0.25) is 5.02 Å². The molecule has 0 unspecified atom stereocenters. The van der Waals surface area contributed by atoms with E-state index in [0.717, 1.165) is 35.7 Å². The Kier molecular flexibility index (Phi) is 4.79. The summed E-state index contributed by atoms with van der Waals surface area (Å²) in [7, 11) is 0. The summed E-state index contributed by atoms with van der Waals surface area (Å²) in [6, 6.07) is 15.9. The molecule has 1 heterocycles. The predicted octanol–water partition coefficient (Wildman–Crippen LogP) is 4.16. The summed E-state index contributed by atoms with van der Waals surface area (Å²) in [5.41, 5.74) is 6.26. The molecule has 0 saturated carbocycles. The maximum atomic E-state index is 6.12. The normalized spacial score (nSPS) is 15.6. The largest absolute Gasteiger partial charge is 0.331 e. The van der Waals surface area contributed by atoms with Crippen molar-refractivity contribution >= 4 is 46.1 Å². The van der Waals surface area contributed by atoms with Gasteiger partial charge in [-0.1, -0.05) is 35.9 Å². The molecule has 0 amide bonds. The molecule has 2 aromatic rings. The van der Waals surface area contributed by atoms with E-state index in [0.29, 0.717) is 10.1 Å². The van der Waals surface area contributed by atoms with Crippen LogP contribution in [-0.4, -0.2) is 17.5 Å². The van der Waals surface area contributed by atoms with Gasteiger partial charge in [0.05, 0.1) is 5.69 Å². The van der Waals surface area contributed by atoms with Crippen molar-refractivity contribution < 1.29 is 0 Å². The lowest BCUT2D eigenvalue weighted by Gasteiger charge is -2.17. The fraction of sp³-hybridized carbons (Fsp3) is 0.176. The molecule has 23 heavy (non-hydrogen) atoms. The van der Waals surface area contributed by atoms with Crippen LogP contribution in [0.25, 0.3) is 0 Å². The summed E-state index contributed by atoms with van der Waals surface area (Å²) in [5, 5.41) is 6.28. The van der Waals surface area contributed by atoms with Crippen molar-refractivity contribution in [2.45, 2.75) is 13.3 Å². The monoisotopic (exact) mass is 344 g/mol. The van der Waals surface area contributed by atoms with Gasteiger partial charge in [-0.3, -0.25) is 10.4 Å². The average Bonchev–Trinajstić information content (AvgIpc) is 3.00. The number of anilines is 2. The van der Waals surface area contributed by atoms with Gasteiger partial charge in [0, 0.05) is 23.7 Å². The minimum absolute atomic E-state index is 0.419. The first-order chi connectivity index (χ1) is 11.1. The molecule has 6 heteroatoms. The highest BCUT2D eigenvalue weighted by atomic mass is 35.5. The topological polar surface area (TPSA) is 39.7 Å². The summed E-state index contributed by atoms with van der Waals surface area (Å²) in [6.07, 6.45) is 0.825. The lowest BCUT2D eigenvalue weighted by atomic mass is 10.2. The highest BCUT2D eigenvalue weighted by Gasteiger charge is 2.17. The zero-order chi connectivity index (χ0) is 16.2. The summed E-state index contributed by atoms with van der Waals surface area (Å²) >= 11 is 11.4. The number of rotatable bonds is 2. The van der Waals surface area contributed by atoms with Crippen LogP contribution in [0.3, 0.4) is 0 Å². The van der Waals surface area contributed by atoms with E-state index in [1.54, 1.807) is 0 Å². The van der Waals surface area contributed by atoms with Gasteiger partial charge in [-0.05, 0) is 49.0 Å². The Hall–Kier alpha value is -2.11. The van der Waals surface area contributed by atoms with Gasteiger partial charge in [-0.2, -0.15) is 0 Å². The van der Waals surface area contributed by atoms with Crippen LogP contribution in [0.5, 0.6) is 0 Å². The number of hydrogen-bond acceptors (Lipinski definition) is 2. The van der Waals surface area contributed by atoms with Crippen molar-refractivity contribution in [2.75, 3.05) is 16.9 Å². The third-order valence-corrected chi connectivity index (χ3v) is 4.16. The standard InChI is InChI=1S/C17H17ClN4S/c1-12-7-8-13(11-15(12)18)19-17(23)20-16-9-10-22(21-16)14-5-3-2-4-6-14/h2-8,11H,9-10H2,1H3,(H2,19,20,21,23). The smallest absolute Gasteiger partial charge is 0.198 e.